The highest BCUT2D eigenvalue weighted by Crippen LogP contribution is 2.04. The number of terminal acetylenes is 1. The van der Waals surface area contributed by atoms with Crippen molar-refractivity contribution >= 4 is 12.1 Å². The lowest BCUT2D eigenvalue weighted by molar-refractivity contribution is 0.0982. The van der Waals surface area contributed by atoms with E-state index in [0.29, 0.717) is 10.8 Å². The summed E-state index contributed by atoms with van der Waals surface area (Å²) in [6, 6.07) is 0. The van der Waals surface area contributed by atoms with E-state index in [1.807, 2.05) is 0 Å². The minimum atomic E-state index is -0.914. The molecule has 1 aromatic rings. The Morgan fingerprint density at radius 1 is 1.79 bits per heavy atom. The molecule has 6 nitrogen and oxygen atoms in total. The molecule has 2 N–H and O–H groups in total. The van der Waals surface area contributed by atoms with Gasteiger partial charge >= 0.3 is 5.69 Å². The fourth-order valence-corrected chi connectivity index (χ4v) is 0.962. The first-order valence-electron chi connectivity index (χ1n) is 3.61. The summed E-state index contributed by atoms with van der Waals surface area (Å²) < 4.78 is 1.46. The second kappa shape index (κ2) is 3.62. The molecular weight excluding hydrogens is 186 g/mol. The van der Waals surface area contributed by atoms with Crippen molar-refractivity contribution < 1.29 is 9.90 Å². The van der Waals surface area contributed by atoms with E-state index in [1.54, 1.807) is 0 Å². The number of nitrogens with one attached hydrogen (secondary N) is 1. The predicted molar refractivity (Wildman–Crippen MR) is 48.6 cm³/mol. The van der Waals surface area contributed by atoms with Gasteiger partial charge in [0, 0.05) is 0 Å². The van der Waals surface area contributed by atoms with E-state index in [-0.39, 0.29) is 6.54 Å². The first-order valence-corrected chi connectivity index (χ1v) is 3.61. The highest BCUT2D eigenvalue weighted by atomic mass is 16.3. The number of carbonyl (C=O) groups is 1. The lowest BCUT2D eigenvalue weighted by atomic mass is 10.6. The zero-order valence-corrected chi connectivity index (χ0v) is 7.10. The Morgan fingerprint density at radius 2 is 2.43 bits per heavy atom. The maximum absolute atomic E-state index is 11.3. The number of aromatic hydroxyl groups is 1. The average Bonchev–Trinajstić information content (AvgIpc) is 2.42. The van der Waals surface area contributed by atoms with Crippen LogP contribution in [0, 0.1) is 17.8 Å². The molecule has 0 saturated carbocycles. The topological polar surface area (TPSA) is 88.1 Å². The first kappa shape index (κ1) is 9.80. The van der Waals surface area contributed by atoms with Gasteiger partial charge in [-0.2, -0.15) is 4.57 Å². The van der Waals surface area contributed by atoms with E-state index in [1.165, 1.54) is 0 Å². The van der Waals surface area contributed by atoms with Gasteiger partial charge in [-0.25, -0.2) is 4.79 Å². The molecule has 0 aliphatic heterocycles. The summed E-state index contributed by atoms with van der Waals surface area (Å²) >= 11 is 0. The van der Waals surface area contributed by atoms with Gasteiger partial charge in [-0.15, -0.1) is 6.42 Å². The van der Waals surface area contributed by atoms with Crippen LogP contribution in [0.2, 0.25) is 0 Å². The van der Waals surface area contributed by atoms with E-state index < -0.39 is 17.5 Å². The van der Waals surface area contributed by atoms with Gasteiger partial charge in [0.15, 0.2) is 0 Å². The molecule has 0 aromatic carbocycles. The molecule has 1 rings (SSSR count). The van der Waals surface area contributed by atoms with Gasteiger partial charge in [0.1, 0.15) is 0 Å². The minimum absolute atomic E-state index is 0.0370. The van der Waals surface area contributed by atoms with Crippen LogP contribution in [0.3, 0.4) is 0 Å². The molecule has 0 atom stereocenters. The molecule has 0 spiro atoms. The molecule has 72 valence electrons. The second-order valence-corrected chi connectivity index (χ2v) is 2.42. The number of imidazole rings is 1. The van der Waals surface area contributed by atoms with Gasteiger partial charge in [0.05, 0.1) is 19.0 Å². The fraction of sp³-hybridized carbons (Fsp3) is 0.125. The molecule has 0 amide bonds. The van der Waals surface area contributed by atoms with Crippen LogP contribution in [0.4, 0.5) is 0 Å². The number of aromatic nitrogens is 2. The third kappa shape index (κ3) is 1.43. The molecule has 0 aliphatic rings. The monoisotopic (exact) mass is 193 g/mol. The average molecular weight is 193 g/mol. The molecule has 0 aliphatic carbocycles. The quantitative estimate of drug-likeness (QED) is 0.479. The summed E-state index contributed by atoms with van der Waals surface area (Å²) in [7, 11) is 0. The normalized spacial score (nSPS) is 9.36. The van der Waals surface area contributed by atoms with Crippen LogP contribution >= 0.6 is 0 Å². The van der Waals surface area contributed by atoms with E-state index >= 15 is 0 Å². The molecule has 1 heterocycles. The van der Waals surface area contributed by atoms with Crippen LogP contribution in [0.1, 0.15) is 4.79 Å². The Bertz CT molecular complexity index is 475. The summed E-state index contributed by atoms with van der Waals surface area (Å²) in [4.78, 5) is 22.3. The van der Waals surface area contributed by atoms with Crippen LogP contribution in [-0.4, -0.2) is 26.4 Å². The third-order valence-electron chi connectivity index (χ3n) is 1.54. The Kier molecular flexibility index (Phi) is 2.53. The van der Waals surface area contributed by atoms with Crippen LogP contribution in [0.5, 0.6) is 5.88 Å². The summed E-state index contributed by atoms with van der Waals surface area (Å²) in [6.45, 7) is -0.0370. The maximum atomic E-state index is 11.3. The van der Waals surface area contributed by atoms with Crippen molar-refractivity contribution in [1.82, 2.24) is 9.13 Å². The summed E-state index contributed by atoms with van der Waals surface area (Å²) in [5, 5.41) is 15.8. The van der Waals surface area contributed by atoms with Gasteiger partial charge in [-0.05, 0) is 0 Å². The lowest BCUT2D eigenvalue weighted by Crippen LogP contribution is -2.29. The molecular formula is C8H7N3O3. The zero-order chi connectivity index (χ0) is 10.7. The van der Waals surface area contributed by atoms with Crippen LogP contribution in [-0.2, 0) is 6.54 Å². The smallest absolute Gasteiger partial charge is 0.339 e. The molecule has 14 heavy (non-hydrogen) atoms. The Labute approximate surface area is 78.9 Å². The van der Waals surface area contributed by atoms with Crippen molar-refractivity contribution in [1.29, 1.82) is 5.41 Å². The number of hydrogen-bond donors (Lipinski definition) is 2. The Balaban J connectivity index is 3.33. The lowest BCUT2D eigenvalue weighted by Gasteiger charge is -1.93. The Morgan fingerprint density at radius 3 is 2.93 bits per heavy atom. The highest BCUT2D eigenvalue weighted by molar-refractivity contribution is 6.26. The standard InChI is InChI=1S/C8H7N3O3/c1-2-3-10-5-7(13)11(8(10)14)6(12)4-9/h1,4-5,9,13H,3H2. The zero-order valence-electron chi connectivity index (χ0n) is 7.10. The van der Waals surface area contributed by atoms with Crippen molar-refractivity contribution in [3.63, 3.8) is 0 Å². The van der Waals surface area contributed by atoms with Crippen molar-refractivity contribution in [2.45, 2.75) is 6.54 Å². The Hall–Kier alpha value is -2.29. The van der Waals surface area contributed by atoms with Gasteiger partial charge in [-0.3, -0.25) is 9.36 Å². The summed E-state index contributed by atoms with van der Waals surface area (Å²) in [5.41, 5.74) is -0.756. The number of hydrogen-bond acceptors (Lipinski definition) is 4. The molecule has 6 heteroatoms. The molecule has 0 fully saturated rings. The third-order valence-corrected chi connectivity index (χ3v) is 1.54. The van der Waals surface area contributed by atoms with Crippen molar-refractivity contribution in [2.75, 3.05) is 0 Å². The van der Waals surface area contributed by atoms with Gasteiger partial charge in [0.2, 0.25) is 5.88 Å². The highest BCUT2D eigenvalue weighted by Gasteiger charge is 2.14. The number of nitrogens with zero attached hydrogens (tertiary/aromatic N) is 2. The molecule has 0 radical (unpaired) electrons. The molecule has 1 aromatic heterocycles. The van der Waals surface area contributed by atoms with E-state index in [2.05, 4.69) is 5.92 Å². The van der Waals surface area contributed by atoms with Crippen LogP contribution in [0.15, 0.2) is 11.0 Å². The van der Waals surface area contributed by atoms with Gasteiger partial charge < -0.3 is 10.5 Å². The van der Waals surface area contributed by atoms with E-state index in [4.69, 9.17) is 11.8 Å². The summed E-state index contributed by atoms with van der Waals surface area (Å²) in [5.74, 6) is 0.750. The van der Waals surface area contributed by atoms with Gasteiger partial charge in [-0.1, -0.05) is 5.92 Å². The van der Waals surface area contributed by atoms with Gasteiger partial charge in [0.25, 0.3) is 5.91 Å². The fourth-order valence-electron chi connectivity index (χ4n) is 0.962. The predicted octanol–water partition coefficient (Wildman–Crippen LogP) is -0.722. The van der Waals surface area contributed by atoms with Crippen molar-refractivity contribution in [3.05, 3.63) is 16.7 Å². The molecule has 0 saturated heterocycles. The second-order valence-electron chi connectivity index (χ2n) is 2.42. The molecule has 0 bridgehead atoms. The summed E-state index contributed by atoms with van der Waals surface area (Å²) in [6.07, 6.45) is 6.44. The largest absolute Gasteiger partial charge is 0.493 e. The van der Waals surface area contributed by atoms with Crippen LogP contribution in [0.25, 0.3) is 0 Å². The maximum Gasteiger partial charge on any atom is 0.339 e. The van der Waals surface area contributed by atoms with Crippen molar-refractivity contribution in [3.8, 4) is 18.2 Å². The first-order chi connectivity index (χ1) is 6.61. The van der Waals surface area contributed by atoms with E-state index in [0.717, 1.165) is 10.8 Å². The van der Waals surface area contributed by atoms with Crippen molar-refractivity contribution in [2.24, 2.45) is 0 Å². The minimum Gasteiger partial charge on any atom is -0.493 e. The van der Waals surface area contributed by atoms with Crippen LogP contribution < -0.4 is 5.69 Å². The number of rotatable bonds is 2. The number of carbonyl (C=O) groups excluding carboxylic acids is 1. The molecule has 0 unspecified atom stereocenters. The SMILES string of the molecule is C#CCn1cc(O)n(C(=O)C=N)c1=O. The van der Waals surface area contributed by atoms with E-state index in [9.17, 15) is 14.7 Å².